The second kappa shape index (κ2) is 5.00. The van der Waals surface area contributed by atoms with E-state index in [9.17, 15) is 0 Å². The Morgan fingerprint density at radius 3 is 3.00 bits per heavy atom. The van der Waals surface area contributed by atoms with E-state index in [0.717, 1.165) is 25.0 Å². The number of fused-ring (bicyclic) bond motifs is 1. The molecule has 0 fully saturated rings. The molecule has 19 heavy (non-hydrogen) atoms. The molecule has 3 rings (SSSR count). The summed E-state index contributed by atoms with van der Waals surface area (Å²) >= 11 is 0. The summed E-state index contributed by atoms with van der Waals surface area (Å²) in [7, 11) is 0. The summed E-state index contributed by atoms with van der Waals surface area (Å²) in [5.74, 6) is 0.584. The molecule has 0 N–H and O–H groups in total. The van der Waals surface area contributed by atoms with Gasteiger partial charge < -0.3 is 0 Å². The molecular weight excluding hydrogens is 234 g/mol. The first-order chi connectivity index (χ1) is 9.24. The molecule has 0 bridgehead atoms. The Morgan fingerprint density at radius 2 is 2.16 bits per heavy atom. The van der Waals surface area contributed by atoms with Gasteiger partial charge in [-0.15, -0.1) is 0 Å². The lowest BCUT2D eigenvalue weighted by atomic mass is 10.1. The molecule has 1 aliphatic rings. The minimum atomic E-state index is 0.584. The van der Waals surface area contributed by atoms with Gasteiger partial charge >= 0.3 is 0 Å². The van der Waals surface area contributed by atoms with Crippen molar-refractivity contribution in [2.24, 2.45) is 10.9 Å². The van der Waals surface area contributed by atoms with Crippen LogP contribution in [0.2, 0.25) is 0 Å². The van der Waals surface area contributed by atoms with Gasteiger partial charge in [-0.1, -0.05) is 37.3 Å². The second-order valence-electron chi connectivity index (χ2n) is 5.32. The second-order valence-corrected chi connectivity index (χ2v) is 5.32. The molecule has 0 unspecified atom stereocenters. The van der Waals surface area contributed by atoms with Crippen LogP contribution in [0.4, 0.5) is 0 Å². The summed E-state index contributed by atoms with van der Waals surface area (Å²) in [5.41, 5.74) is 3.64. The molecule has 0 saturated heterocycles. The van der Waals surface area contributed by atoms with Crippen LogP contribution >= 0.6 is 0 Å². The fourth-order valence-corrected chi connectivity index (χ4v) is 2.51. The molecule has 0 aliphatic carbocycles. The average Bonchev–Trinajstić information content (AvgIpc) is 2.65. The van der Waals surface area contributed by atoms with Crippen LogP contribution in [0.15, 0.2) is 35.5 Å². The van der Waals surface area contributed by atoms with Crippen LogP contribution in [0.5, 0.6) is 0 Å². The SMILES string of the molecule is Cc1ccccc1Cn1ncc2c1=NCC[C@H](C)C=2. The average molecular weight is 253 g/mol. The normalized spacial score (nSPS) is 18.1. The van der Waals surface area contributed by atoms with Gasteiger partial charge in [0.2, 0.25) is 0 Å². The van der Waals surface area contributed by atoms with Crippen molar-refractivity contribution in [3.05, 3.63) is 52.3 Å². The molecule has 3 nitrogen and oxygen atoms in total. The van der Waals surface area contributed by atoms with Crippen LogP contribution in [0.1, 0.15) is 24.5 Å². The Balaban J connectivity index is 2.03. The van der Waals surface area contributed by atoms with E-state index < -0.39 is 0 Å². The van der Waals surface area contributed by atoms with Crippen molar-refractivity contribution in [1.82, 2.24) is 9.78 Å². The van der Waals surface area contributed by atoms with Gasteiger partial charge in [0.05, 0.1) is 12.7 Å². The Morgan fingerprint density at radius 1 is 1.32 bits per heavy atom. The van der Waals surface area contributed by atoms with Gasteiger partial charge in [-0.05, 0) is 30.4 Å². The highest BCUT2D eigenvalue weighted by atomic mass is 15.3. The maximum Gasteiger partial charge on any atom is 0.153 e. The highest BCUT2D eigenvalue weighted by Gasteiger charge is 2.07. The number of nitrogens with zero attached hydrogens (tertiary/aromatic N) is 3. The van der Waals surface area contributed by atoms with Crippen molar-refractivity contribution in [1.29, 1.82) is 0 Å². The summed E-state index contributed by atoms with van der Waals surface area (Å²) in [6.45, 7) is 6.07. The number of hydrogen-bond acceptors (Lipinski definition) is 2. The Bertz CT molecular complexity index is 697. The topological polar surface area (TPSA) is 30.2 Å². The molecule has 1 aromatic carbocycles. The van der Waals surface area contributed by atoms with Crippen molar-refractivity contribution >= 4 is 6.08 Å². The highest BCUT2D eigenvalue weighted by Crippen LogP contribution is 2.08. The third-order valence-electron chi connectivity index (χ3n) is 3.73. The maximum absolute atomic E-state index is 4.69. The molecule has 1 aliphatic heterocycles. The summed E-state index contributed by atoms with van der Waals surface area (Å²) in [4.78, 5) is 4.69. The number of aromatic nitrogens is 2. The predicted octanol–water partition coefficient (Wildman–Crippen LogP) is 1.68. The van der Waals surface area contributed by atoms with E-state index in [1.165, 1.54) is 16.3 Å². The molecule has 1 aromatic heterocycles. The van der Waals surface area contributed by atoms with Gasteiger partial charge in [-0.2, -0.15) is 5.10 Å². The molecule has 0 saturated carbocycles. The van der Waals surface area contributed by atoms with E-state index in [1.54, 1.807) is 0 Å². The van der Waals surface area contributed by atoms with Crippen LogP contribution in [-0.2, 0) is 6.54 Å². The maximum atomic E-state index is 4.69. The smallest absolute Gasteiger partial charge is 0.153 e. The third-order valence-corrected chi connectivity index (χ3v) is 3.73. The highest BCUT2D eigenvalue weighted by molar-refractivity contribution is 5.27. The van der Waals surface area contributed by atoms with Gasteiger partial charge in [0.25, 0.3) is 0 Å². The van der Waals surface area contributed by atoms with Gasteiger partial charge in [0.15, 0.2) is 5.49 Å². The van der Waals surface area contributed by atoms with Gasteiger partial charge in [0, 0.05) is 11.8 Å². The molecule has 0 radical (unpaired) electrons. The third kappa shape index (κ3) is 2.46. The van der Waals surface area contributed by atoms with Crippen LogP contribution < -0.4 is 10.7 Å². The molecule has 98 valence electrons. The zero-order valence-electron chi connectivity index (χ0n) is 11.5. The van der Waals surface area contributed by atoms with Crippen molar-refractivity contribution < 1.29 is 0 Å². The molecule has 0 spiro atoms. The van der Waals surface area contributed by atoms with Crippen molar-refractivity contribution in [2.45, 2.75) is 26.8 Å². The zero-order chi connectivity index (χ0) is 13.2. The van der Waals surface area contributed by atoms with Crippen molar-refractivity contribution in [3.8, 4) is 0 Å². The van der Waals surface area contributed by atoms with E-state index in [-0.39, 0.29) is 0 Å². The van der Waals surface area contributed by atoms with Gasteiger partial charge in [0.1, 0.15) is 0 Å². The first-order valence-electron chi connectivity index (χ1n) is 6.87. The van der Waals surface area contributed by atoms with Crippen LogP contribution in [0.3, 0.4) is 0 Å². The molecule has 1 atom stereocenters. The number of rotatable bonds is 2. The van der Waals surface area contributed by atoms with E-state index >= 15 is 0 Å². The van der Waals surface area contributed by atoms with Crippen LogP contribution in [0, 0.1) is 12.8 Å². The summed E-state index contributed by atoms with van der Waals surface area (Å²) in [6, 6.07) is 8.45. The van der Waals surface area contributed by atoms with Gasteiger partial charge in [-0.3, -0.25) is 4.99 Å². The van der Waals surface area contributed by atoms with Gasteiger partial charge in [-0.25, -0.2) is 4.68 Å². The summed E-state index contributed by atoms with van der Waals surface area (Å²) in [6.07, 6.45) is 5.35. The van der Waals surface area contributed by atoms with E-state index in [4.69, 9.17) is 4.99 Å². The predicted molar refractivity (Wildman–Crippen MR) is 76.4 cm³/mol. The number of aryl methyl sites for hydroxylation is 1. The molecular formula is C16H19N3. The Labute approximate surface area is 113 Å². The summed E-state index contributed by atoms with van der Waals surface area (Å²) < 4.78 is 2.02. The fourth-order valence-electron chi connectivity index (χ4n) is 2.51. The largest absolute Gasteiger partial charge is 0.266 e. The molecule has 0 amide bonds. The monoisotopic (exact) mass is 253 g/mol. The van der Waals surface area contributed by atoms with Crippen LogP contribution in [0.25, 0.3) is 6.08 Å². The molecule has 3 heteroatoms. The first-order valence-corrected chi connectivity index (χ1v) is 6.87. The first kappa shape index (κ1) is 12.2. The van der Waals surface area contributed by atoms with Crippen molar-refractivity contribution in [3.63, 3.8) is 0 Å². The minimum absolute atomic E-state index is 0.584. The lowest BCUT2D eigenvalue weighted by Crippen LogP contribution is -2.30. The fraction of sp³-hybridized carbons (Fsp3) is 0.375. The lowest BCUT2D eigenvalue weighted by molar-refractivity contribution is 0.630. The van der Waals surface area contributed by atoms with E-state index in [0.29, 0.717) is 5.92 Å². The van der Waals surface area contributed by atoms with Crippen molar-refractivity contribution in [2.75, 3.05) is 6.54 Å². The lowest BCUT2D eigenvalue weighted by Gasteiger charge is -2.05. The number of benzene rings is 1. The Kier molecular flexibility index (Phi) is 3.20. The minimum Gasteiger partial charge on any atom is -0.266 e. The van der Waals surface area contributed by atoms with E-state index in [1.807, 2.05) is 10.9 Å². The van der Waals surface area contributed by atoms with Crippen LogP contribution in [-0.4, -0.2) is 16.3 Å². The molecule has 2 aromatic rings. The standard InChI is InChI=1S/C16H19N3/c1-12-7-8-17-16-15(9-12)10-18-19(16)11-14-6-4-3-5-13(14)2/h3-6,9-10,12H,7-8,11H2,1-2H3/t12-/m0/s1. The van der Waals surface area contributed by atoms with E-state index in [2.05, 4.69) is 49.3 Å². The quantitative estimate of drug-likeness (QED) is 0.801. The molecule has 2 heterocycles. The Hall–Kier alpha value is -1.90. The zero-order valence-corrected chi connectivity index (χ0v) is 11.5. The number of hydrogen-bond donors (Lipinski definition) is 0. The summed E-state index contributed by atoms with van der Waals surface area (Å²) in [5, 5.41) is 5.68.